The number of halogens is 2. The molecule has 2 heterocycles. The normalized spacial score (nSPS) is 12.1. The molecule has 2 aromatic heterocycles. The van der Waals surface area contributed by atoms with Crippen LogP contribution in [-0.2, 0) is 7.05 Å². The lowest BCUT2D eigenvalue weighted by molar-refractivity contribution is 0.748. The number of aromatic nitrogens is 4. The third kappa shape index (κ3) is 2.44. The van der Waals surface area contributed by atoms with Crippen LogP contribution in [0.4, 0.5) is 0 Å². The van der Waals surface area contributed by atoms with Gasteiger partial charge < -0.3 is 0 Å². The molecular weight excluding hydrogens is 337 g/mol. The quantitative estimate of drug-likeness (QED) is 0.633. The highest BCUT2D eigenvalue weighted by Crippen LogP contribution is 2.22. The van der Waals surface area contributed by atoms with Crippen LogP contribution >= 0.6 is 23.2 Å². The van der Waals surface area contributed by atoms with Crippen molar-refractivity contribution >= 4 is 34.2 Å². The lowest BCUT2D eigenvalue weighted by atomic mass is 10.2. The van der Waals surface area contributed by atoms with Crippen molar-refractivity contribution in [2.45, 2.75) is 6.92 Å². The van der Waals surface area contributed by atoms with E-state index in [-0.39, 0.29) is 11.0 Å². The summed E-state index contributed by atoms with van der Waals surface area (Å²) in [5, 5.41) is 1.14. The van der Waals surface area contributed by atoms with Gasteiger partial charge in [0.1, 0.15) is 5.49 Å². The molecule has 0 amide bonds. The van der Waals surface area contributed by atoms with Crippen LogP contribution in [0.1, 0.15) is 5.56 Å². The fourth-order valence-corrected chi connectivity index (χ4v) is 2.98. The Hall–Kier alpha value is -2.18. The van der Waals surface area contributed by atoms with E-state index in [1.54, 1.807) is 26.4 Å². The average Bonchev–Trinajstić information content (AvgIpc) is 2.52. The average molecular weight is 350 g/mol. The minimum Gasteiger partial charge on any atom is -0.280 e. The fraction of sp³-hybridized carbons (Fsp3) is 0.200. The minimum absolute atomic E-state index is 0.0706. The lowest BCUT2D eigenvalue weighted by Gasteiger charge is -2.15. The first kappa shape index (κ1) is 15.7. The van der Waals surface area contributed by atoms with Crippen LogP contribution in [0.5, 0.6) is 0 Å². The molecule has 0 fully saturated rings. The zero-order valence-electron chi connectivity index (χ0n) is 12.7. The van der Waals surface area contributed by atoms with E-state index < -0.39 is 0 Å². The zero-order valence-corrected chi connectivity index (χ0v) is 14.2. The summed E-state index contributed by atoms with van der Waals surface area (Å²) in [6.45, 7) is 1.88. The first-order valence-corrected chi connectivity index (χ1v) is 7.54. The molecule has 0 spiro atoms. The summed E-state index contributed by atoms with van der Waals surface area (Å²) in [6, 6.07) is 5.45. The Kier molecular flexibility index (Phi) is 3.95. The van der Waals surface area contributed by atoms with E-state index in [4.69, 9.17) is 23.2 Å². The van der Waals surface area contributed by atoms with Gasteiger partial charge in [-0.15, -0.1) is 0 Å². The molecule has 0 radical (unpaired) electrons. The van der Waals surface area contributed by atoms with Gasteiger partial charge in [0.05, 0.1) is 16.1 Å². The van der Waals surface area contributed by atoms with Gasteiger partial charge in [0, 0.05) is 20.3 Å². The fourth-order valence-electron chi connectivity index (χ4n) is 2.55. The third-order valence-corrected chi connectivity index (χ3v) is 4.10. The van der Waals surface area contributed by atoms with Crippen molar-refractivity contribution in [2.75, 3.05) is 7.05 Å². The van der Waals surface area contributed by atoms with Crippen molar-refractivity contribution in [1.82, 2.24) is 19.1 Å². The van der Waals surface area contributed by atoms with Crippen molar-refractivity contribution in [1.29, 1.82) is 0 Å². The molecule has 0 unspecified atom stereocenters. The zero-order chi connectivity index (χ0) is 16.7. The Balaban J connectivity index is 2.61. The smallest absolute Gasteiger partial charge is 0.280 e. The van der Waals surface area contributed by atoms with Crippen molar-refractivity contribution in [3.63, 3.8) is 0 Å². The van der Waals surface area contributed by atoms with Crippen LogP contribution in [0.15, 0.2) is 34.2 Å². The molecule has 0 saturated heterocycles. The van der Waals surface area contributed by atoms with E-state index >= 15 is 0 Å². The molecule has 3 aromatic rings. The Morgan fingerprint density at radius 1 is 1.26 bits per heavy atom. The lowest BCUT2D eigenvalue weighted by Crippen LogP contribution is -2.39. The Bertz CT molecular complexity index is 1030. The summed E-state index contributed by atoms with van der Waals surface area (Å²) in [7, 11) is 3.22. The van der Waals surface area contributed by atoms with Gasteiger partial charge in [-0.3, -0.25) is 9.56 Å². The predicted octanol–water partition coefficient (Wildman–Crippen LogP) is 2.26. The monoisotopic (exact) mass is 349 g/mol. The largest absolute Gasteiger partial charge is 0.335 e. The molecule has 6 nitrogen and oxygen atoms in total. The van der Waals surface area contributed by atoms with Crippen LogP contribution in [0.3, 0.4) is 0 Å². The number of para-hydroxylation sites is 1. The summed E-state index contributed by atoms with van der Waals surface area (Å²) in [5.41, 5.74) is 1.97. The van der Waals surface area contributed by atoms with Crippen molar-refractivity contribution in [3.8, 4) is 5.69 Å². The molecule has 0 aliphatic rings. The van der Waals surface area contributed by atoms with Crippen molar-refractivity contribution < 1.29 is 0 Å². The van der Waals surface area contributed by atoms with E-state index in [9.17, 15) is 4.79 Å². The molecule has 0 aliphatic heterocycles. The van der Waals surface area contributed by atoms with Gasteiger partial charge in [0.25, 0.3) is 0 Å². The van der Waals surface area contributed by atoms with Gasteiger partial charge in [0.15, 0.2) is 5.65 Å². The summed E-state index contributed by atoms with van der Waals surface area (Å²) < 4.78 is 2.87. The van der Waals surface area contributed by atoms with Crippen molar-refractivity contribution in [2.24, 2.45) is 12.0 Å². The summed E-state index contributed by atoms with van der Waals surface area (Å²) in [6.07, 6.45) is 1.55. The van der Waals surface area contributed by atoms with Gasteiger partial charge in [-0.25, -0.2) is 14.3 Å². The number of fused-ring (bicyclic) bond motifs is 1. The first-order valence-electron chi connectivity index (χ1n) is 6.78. The summed E-state index contributed by atoms with van der Waals surface area (Å²) in [4.78, 5) is 25.3. The molecule has 0 bridgehead atoms. The van der Waals surface area contributed by atoms with Crippen LogP contribution in [0.2, 0.25) is 10.3 Å². The number of hydrogen-bond acceptors (Lipinski definition) is 4. The second-order valence-electron chi connectivity index (χ2n) is 5.01. The van der Waals surface area contributed by atoms with Crippen LogP contribution < -0.4 is 11.2 Å². The Labute approximate surface area is 141 Å². The maximum Gasteiger partial charge on any atom is 0.335 e. The number of aryl methyl sites for hydroxylation is 2. The van der Waals surface area contributed by atoms with Crippen LogP contribution in [-0.4, -0.2) is 26.1 Å². The van der Waals surface area contributed by atoms with Gasteiger partial charge in [-0.05, 0) is 30.2 Å². The number of nitrogens with zero attached hydrogens (tertiary/aromatic N) is 5. The van der Waals surface area contributed by atoms with Gasteiger partial charge >= 0.3 is 5.69 Å². The van der Waals surface area contributed by atoms with Gasteiger partial charge in [-0.1, -0.05) is 23.7 Å². The topological polar surface area (TPSA) is 65.1 Å². The summed E-state index contributed by atoms with van der Waals surface area (Å²) >= 11 is 12.2. The van der Waals surface area contributed by atoms with Crippen LogP contribution in [0, 0.1) is 6.92 Å². The van der Waals surface area contributed by atoms with E-state index in [1.165, 1.54) is 9.13 Å². The summed E-state index contributed by atoms with van der Waals surface area (Å²) in [5.74, 6) is 0. The van der Waals surface area contributed by atoms with Crippen molar-refractivity contribution in [3.05, 3.63) is 56.2 Å². The molecule has 0 aliphatic carbocycles. The second-order valence-corrected chi connectivity index (χ2v) is 5.75. The van der Waals surface area contributed by atoms with E-state index in [0.29, 0.717) is 27.2 Å². The standard InChI is InChI=1S/C15H13Cl2N5O/c1-8-5-4-6-10(16)11(8)22-12(18-2)9-7-19-14(17)20-13(9)21(3)15(22)23/h4-7H,1-3H3. The highest BCUT2D eigenvalue weighted by Gasteiger charge is 2.16. The maximum atomic E-state index is 12.9. The molecular formula is C15H13Cl2N5O. The van der Waals surface area contributed by atoms with E-state index in [1.807, 2.05) is 19.1 Å². The molecule has 0 N–H and O–H groups in total. The molecule has 8 heteroatoms. The first-order chi connectivity index (χ1) is 11.0. The molecule has 0 atom stereocenters. The Morgan fingerprint density at radius 2 is 2.00 bits per heavy atom. The third-order valence-electron chi connectivity index (χ3n) is 3.61. The van der Waals surface area contributed by atoms with E-state index in [0.717, 1.165) is 5.56 Å². The van der Waals surface area contributed by atoms with Crippen LogP contribution in [0.25, 0.3) is 16.7 Å². The second kappa shape index (κ2) is 5.79. The van der Waals surface area contributed by atoms with E-state index in [2.05, 4.69) is 15.0 Å². The minimum atomic E-state index is -0.316. The SMILES string of the molecule is CN=c1c2cnc(Cl)nc2n(C)c(=O)n1-c1c(C)cccc1Cl. The van der Waals surface area contributed by atoms with Gasteiger partial charge in [-0.2, -0.15) is 4.98 Å². The Morgan fingerprint density at radius 3 is 2.65 bits per heavy atom. The predicted molar refractivity (Wildman–Crippen MR) is 90.4 cm³/mol. The molecule has 23 heavy (non-hydrogen) atoms. The van der Waals surface area contributed by atoms with Gasteiger partial charge in [0.2, 0.25) is 5.28 Å². The molecule has 1 aromatic carbocycles. The maximum absolute atomic E-state index is 12.9. The molecule has 118 valence electrons. The number of rotatable bonds is 1. The highest BCUT2D eigenvalue weighted by molar-refractivity contribution is 6.32. The molecule has 0 saturated carbocycles. The molecule has 3 rings (SSSR count). The highest BCUT2D eigenvalue weighted by atomic mass is 35.5. The number of hydrogen-bond donors (Lipinski definition) is 0. The number of benzene rings is 1.